The lowest BCUT2D eigenvalue weighted by Crippen LogP contribution is -2.41. The van der Waals surface area contributed by atoms with Crippen LogP contribution < -0.4 is 5.32 Å². The van der Waals surface area contributed by atoms with Gasteiger partial charge in [-0.25, -0.2) is 12.7 Å². The van der Waals surface area contributed by atoms with Gasteiger partial charge in [-0.05, 0) is 38.6 Å². The Morgan fingerprint density at radius 3 is 2.68 bits per heavy atom. The number of hydrogen-bond donors (Lipinski definition) is 1. The van der Waals surface area contributed by atoms with E-state index in [1.54, 1.807) is 4.31 Å². The Kier molecular flexibility index (Phi) is 7.32. The summed E-state index contributed by atoms with van der Waals surface area (Å²) in [5.41, 5.74) is 0. The first-order valence-electron chi connectivity index (χ1n) is 7.59. The second kappa shape index (κ2) is 8.22. The van der Waals surface area contributed by atoms with Crippen LogP contribution in [0.5, 0.6) is 0 Å². The molecule has 114 valence electrons. The first-order valence-corrected chi connectivity index (χ1v) is 9.44. The number of nitrogens with one attached hydrogen (secondary N) is 1. The largest absolute Gasteiger partial charge is 0.317 e. The average Bonchev–Trinajstić information content (AvgIpc) is 2.37. The molecule has 0 aromatic heterocycles. The molecule has 0 amide bonds. The lowest BCUT2D eigenvalue weighted by Gasteiger charge is -2.33. The molecule has 0 aliphatic carbocycles. The van der Waals surface area contributed by atoms with Crippen molar-refractivity contribution in [3.05, 3.63) is 0 Å². The molecule has 5 heteroatoms. The smallest absolute Gasteiger partial charge is 0.211 e. The quantitative estimate of drug-likeness (QED) is 0.697. The molecule has 1 aliphatic rings. The van der Waals surface area contributed by atoms with Crippen molar-refractivity contribution in [2.45, 2.75) is 57.9 Å². The number of hydrogen-bond acceptors (Lipinski definition) is 3. The molecule has 2 atom stereocenters. The third-order valence-corrected chi connectivity index (χ3v) is 5.40. The molecule has 1 N–H and O–H groups in total. The molecule has 0 saturated carbocycles. The van der Waals surface area contributed by atoms with Crippen molar-refractivity contribution >= 4 is 10.0 Å². The molecular weight excluding hydrogens is 260 g/mol. The summed E-state index contributed by atoms with van der Waals surface area (Å²) in [6.07, 6.45) is 9.61. The molecule has 0 aromatic carbocycles. The van der Waals surface area contributed by atoms with Crippen LogP contribution in [0.1, 0.15) is 51.9 Å². The van der Waals surface area contributed by atoms with E-state index in [1.165, 1.54) is 31.9 Å². The van der Waals surface area contributed by atoms with Gasteiger partial charge in [0.25, 0.3) is 0 Å². The van der Waals surface area contributed by atoms with E-state index in [0.717, 1.165) is 19.3 Å². The van der Waals surface area contributed by atoms with Crippen molar-refractivity contribution in [1.82, 2.24) is 9.62 Å². The predicted octanol–water partition coefficient (Wildman–Crippen LogP) is 2.22. The van der Waals surface area contributed by atoms with Crippen LogP contribution in [0.25, 0.3) is 0 Å². The molecule has 0 aromatic rings. The second-order valence-corrected chi connectivity index (χ2v) is 7.83. The van der Waals surface area contributed by atoms with Crippen LogP contribution in [0.4, 0.5) is 0 Å². The lowest BCUT2D eigenvalue weighted by molar-refractivity contribution is 0.236. The van der Waals surface area contributed by atoms with Crippen molar-refractivity contribution in [3.63, 3.8) is 0 Å². The van der Waals surface area contributed by atoms with Crippen molar-refractivity contribution in [3.8, 4) is 0 Å². The van der Waals surface area contributed by atoms with Gasteiger partial charge in [-0.2, -0.15) is 0 Å². The monoisotopic (exact) mass is 290 g/mol. The fourth-order valence-corrected chi connectivity index (χ4v) is 3.89. The summed E-state index contributed by atoms with van der Waals surface area (Å²) in [5, 5.41) is 3.39. The fraction of sp³-hybridized carbons (Fsp3) is 1.00. The van der Waals surface area contributed by atoms with Gasteiger partial charge < -0.3 is 5.32 Å². The zero-order valence-electron chi connectivity index (χ0n) is 12.7. The molecule has 0 radical (unpaired) electrons. The maximum Gasteiger partial charge on any atom is 0.211 e. The Morgan fingerprint density at radius 2 is 2.11 bits per heavy atom. The maximum absolute atomic E-state index is 11.6. The van der Waals surface area contributed by atoms with E-state index in [1.807, 2.05) is 7.05 Å². The summed E-state index contributed by atoms with van der Waals surface area (Å²) in [4.78, 5) is 0. The molecule has 0 bridgehead atoms. The van der Waals surface area contributed by atoms with Crippen LogP contribution in [0, 0.1) is 5.92 Å². The van der Waals surface area contributed by atoms with Crippen LogP contribution in [0.15, 0.2) is 0 Å². The second-order valence-electron chi connectivity index (χ2n) is 5.85. The van der Waals surface area contributed by atoms with Crippen molar-refractivity contribution in [2.75, 3.05) is 26.4 Å². The highest BCUT2D eigenvalue weighted by Gasteiger charge is 2.27. The number of nitrogens with zero attached hydrogens (tertiary/aromatic N) is 1. The molecule has 4 nitrogen and oxygen atoms in total. The lowest BCUT2D eigenvalue weighted by atomic mass is 9.90. The molecular formula is C14H30N2O2S. The van der Waals surface area contributed by atoms with Gasteiger partial charge in [-0.1, -0.05) is 26.2 Å². The summed E-state index contributed by atoms with van der Waals surface area (Å²) >= 11 is 0. The third kappa shape index (κ3) is 6.23. The zero-order valence-corrected chi connectivity index (χ0v) is 13.5. The van der Waals surface area contributed by atoms with E-state index in [-0.39, 0.29) is 0 Å². The Balaban J connectivity index is 2.41. The van der Waals surface area contributed by atoms with Crippen LogP contribution in [-0.2, 0) is 10.0 Å². The molecule has 1 heterocycles. The van der Waals surface area contributed by atoms with Crippen molar-refractivity contribution in [1.29, 1.82) is 0 Å². The minimum atomic E-state index is -3.01. The van der Waals surface area contributed by atoms with E-state index in [9.17, 15) is 8.42 Å². The number of unbranched alkanes of at least 4 members (excludes halogenated alkanes) is 2. The van der Waals surface area contributed by atoms with E-state index >= 15 is 0 Å². The van der Waals surface area contributed by atoms with Gasteiger partial charge in [0, 0.05) is 19.1 Å². The number of rotatable bonds is 8. The van der Waals surface area contributed by atoms with Gasteiger partial charge in [0.1, 0.15) is 0 Å². The minimum absolute atomic E-state index is 0.516. The van der Waals surface area contributed by atoms with E-state index in [2.05, 4.69) is 12.2 Å². The maximum atomic E-state index is 11.6. The highest BCUT2D eigenvalue weighted by molar-refractivity contribution is 7.88. The number of piperidine rings is 1. The van der Waals surface area contributed by atoms with E-state index in [4.69, 9.17) is 0 Å². The first-order chi connectivity index (χ1) is 8.97. The molecule has 1 fully saturated rings. The summed E-state index contributed by atoms with van der Waals surface area (Å²) in [5.74, 6) is 0.516. The standard InChI is InChI=1S/C14H30N2O2S/c1-4-5-6-9-14(15-2)11-13-8-7-10-16(12-13)19(3,17)18/h13-15H,4-12H2,1-3H3. The SMILES string of the molecule is CCCCCC(CC1CCCN(S(C)(=O)=O)C1)NC. The van der Waals surface area contributed by atoms with Gasteiger partial charge in [-0.15, -0.1) is 0 Å². The van der Waals surface area contributed by atoms with Crippen LogP contribution in [0.2, 0.25) is 0 Å². The summed E-state index contributed by atoms with van der Waals surface area (Å²) in [7, 11) is -0.988. The van der Waals surface area contributed by atoms with Crippen molar-refractivity contribution < 1.29 is 8.42 Å². The predicted molar refractivity (Wildman–Crippen MR) is 80.7 cm³/mol. The molecule has 1 saturated heterocycles. The van der Waals surface area contributed by atoms with Gasteiger partial charge in [0.2, 0.25) is 10.0 Å². The van der Waals surface area contributed by atoms with Crippen molar-refractivity contribution in [2.24, 2.45) is 5.92 Å². The molecule has 2 unspecified atom stereocenters. The van der Waals surface area contributed by atoms with E-state index < -0.39 is 10.0 Å². The van der Waals surface area contributed by atoms with E-state index in [0.29, 0.717) is 25.0 Å². The van der Waals surface area contributed by atoms with Gasteiger partial charge in [0.15, 0.2) is 0 Å². The number of sulfonamides is 1. The van der Waals surface area contributed by atoms with Crippen LogP contribution in [0.3, 0.4) is 0 Å². The average molecular weight is 290 g/mol. The zero-order chi connectivity index (χ0) is 14.3. The molecule has 1 aliphatic heterocycles. The van der Waals surface area contributed by atoms with Crippen LogP contribution >= 0.6 is 0 Å². The Labute approximate surface area is 119 Å². The Morgan fingerprint density at radius 1 is 1.37 bits per heavy atom. The highest BCUT2D eigenvalue weighted by Crippen LogP contribution is 2.24. The topological polar surface area (TPSA) is 49.4 Å². The summed E-state index contributed by atoms with van der Waals surface area (Å²) in [6.45, 7) is 3.64. The Hall–Kier alpha value is -0.130. The molecule has 0 spiro atoms. The van der Waals surface area contributed by atoms with Gasteiger partial charge in [0.05, 0.1) is 6.26 Å². The molecule has 1 rings (SSSR count). The minimum Gasteiger partial charge on any atom is -0.317 e. The Bertz CT molecular complexity index is 343. The molecule has 19 heavy (non-hydrogen) atoms. The van der Waals surface area contributed by atoms with Gasteiger partial charge in [-0.3, -0.25) is 0 Å². The summed E-state index contributed by atoms with van der Waals surface area (Å²) < 4.78 is 24.9. The van der Waals surface area contributed by atoms with Crippen LogP contribution in [-0.4, -0.2) is 45.2 Å². The fourth-order valence-electron chi connectivity index (χ4n) is 2.94. The summed E-state index contributed by atoms with van der Waals surface area (Å²) in [6, 6.07) is 0.538. The third-order valence-electron chi connectivity index (χ3n) is 4.13. The first kappa shape index (κ1) is 16.9. The normalized spacial score (nSPS) is 23.4. The highest BCUT2D eigenvalue weighted by atomic mass is 32.2. The van der Waals surface area contributed by atoms with Gasteiger partial charge >= 0.3 is 0 Å².